The molecule has 0 aliphatic rings. The predicted molar refractivity (Wildman–Crippen MR) is 70.6 cm³/mol. The van der Waals surface area contributed by atoms with E-state index in [2.05, 4.69) is 0 Å². The van der Waals surface area contributed by atoms with Gasteiger partial charge in [0.2, 0.25) is 5.43 Å². The van der Waals surface area contributed by atoms with Crippen molar-refractivity contribution in [3.05, 3.63) is 44.7 Å². The lowest BCUT2D eigenvalue weighted by Crippen LogP contribution is -2.19. The average Bonchev–Trinajstić information content (AvgIpc) is 2.33. The normalized spacial score (nSPS) is 10.8. The number of nitrogens with zero attached hydrogens (tertiary/aromatic N) is 1. The van der Waals surface area contributed by atoms with Crippen molar-refractivity contribution in [1.29, 1.82) is 0 Å². The summed E-state index contributed by atoms with van der Waals surface area (Å²) in [6.45, 7) is 4.32. The zero-order chi connectivity index (χ0) is 13.4. The molecule has 1 N–H and O–H groups in total. The van der Waals surface area contributed by atoms with E-state index < -0.39 is 11.4 Å². The van der Waals surface area contributed by atoms with Crippen LogP contribution in [0.1, 0.15) is 22.8 Å². The molecule has 0 unspecified atom stereocenters. The van der Waals surface area contributed by atoms with Gasteiger partial charge in [-0.25, -0.2) is 4.79 Å². The van der Waals surface area contributed by atoms with Crippen molar-refractivity contribution in [3.63, 3.8) is 0 Å². The Morgan fingerprint density at radius 2 is 2.11 bits per heavy atom. The van der Waals surface area contributed by atoms with Crippen molar-refractivity contribution >= 4 is 28.5 Å². The number of aromatic carboxylic acids is 1. The summed E-state index contributed by atoms with van der Waals surface area (Å²) < 4.78 is 1.74. The van der Waals surface area contributed by atoms with Crippen molar-refractivity contribution in [2.24, 2.45) is 0 Å². The van der Waals surface area contributed by atoms with Gasteiger partial charge >= 0.3 is 5.97 Å². The Morgan fingerprint density at radius 3 is 2.67 bits per heavy atom. The molecule has 0 saturated carbocycles. The van der Waals surface area contributed by atoms with E-state index in [0.29, 0.717) is 12.1 Å². The molecule has 0 fully saturated rings. The van der Waals surface area contributed by atoms with Gasteiger partial charge in [0, 0.05) is 12.7 Å². The van der Waals surface area contributed by atoms with Gasteiger partial charge in [0.15, 0.2) is 0 Å². The summed E-state index contributed by atoms with van der Waals surface area (Å²) in [6.07, 6.45) is 1.37. The van der Waals surface area contributed by atoms with E-state index in [-0.39, 0.29) is 16.0 Å². The molecule has 4 nitrogen and oxygen atoms in total. The number of carboxylic acid groups (broad SMARTS) is 1. The number of aryl methyl sites for hydroxylation is 2. The van der Waals surface area contributed by atoms with Crippen molar-refractivity contribution in [2.45, 2.75) is 20.4 Å². The molecule has 0 spiro atoms. The highest BCUT2D eigenvalue weighted by molar-refractivity contribution is 6.35. The van der Waals surface area contributed by atoms with E-state index in [0.717, 1.165) is 5.56 Å². The SMILES string of the molecule is CCn1cc(C(=O)O)c(=O)c2c(Cl)ccc(C)c21. The molecule has 0 aliphatic carbocycles. The number of hydrogen-bond donors (Lipinski definition) is 1. The van der Waals surface area contributed by atoms with Gasteiger partial charge in [-0.3, -0.25) is 4.79 Å². The fourth-order valence-corrected chi connectivity index (χ4v) is 2.31. The number of hydrogen-bond acceptors (Lipinski definition) is 2. The quantitative estimate of drug-likeness (QED) is 0.908. The van der Waals surface area contributed by atoms with Crippen LogP contribution in [0.25, 0.3) is 10.9 Å². The van der Waals surface area contributed by atoms with Gasteiger partial charge in [-0.2, -0.15) is 0 Å². The summed E-state index contributed by atoms with van der Waals surface area (Å²) in [6, 6.07) is 3.43. The zero-order valence-corrected chi connectivity index (χ0v) is 10.8. The van der Waals surface area contributed by atoms with Crippen LogP contribution >= 0.6 is 11.6 Å². The summed E-state index contributed by atoms with van der Waals surface area (Å²) in [5.74, 6) is -1.23. The van der Waals surface area contributed by atoms with E-state index >= 15 is 0 Å². The lowest BCUT2D eigenvalue weighted by atomic mass is 10.1. The first-order valence-electron chi connectivity index (χ1n) is 5.53. The number of fused-ring (bicyclic) bond motifs is 1. The molecule has 0 saturated heterocycles. The van der Waals surface area contributed by atoms with Crippen LogP contribution in [0.3, 0.4) is 0 Å². The van der Waals surface area contributed by atoms with E-state index in [4.69, 9.17) is 16.7 Å². The highest BCUT2D eigenvalue weighted by atomic mass is 35.5. The summed E-state index contributed by atoms with van der Waals surface area (Å²) in [5, 5.41) is 9.61. The smallest absolute Gasteiger partial charge is 0.341 e. The van der Waals surface area contributed by atoms with Crippen LogP contribution in [-0.4, -0.2) is 15.6 Å². The van der Waals surface area contributed by atoms with Crippen LogP contribution in [0.15, 0.2) is 23.1 Å². The number of pyridine rings is 1. The Morgan fingerprint density at radius 1 is 1.44 bits per heavy atom. The third-order valence-electron chi connectivity index (χ3n) is 2.94. The Hall–Kier alpha value is -1.81. The van der Waals surface area contributed by atoms with Crippen LogP contribution < -0.4 is 5.43 Å². The molecule has 1 aromatic heterocycles. The van der Waals surface area contributed by atoms with Gasteiger partial charge in [-0.1, -0.05) is 17.7 Å². The summed E-state index contributed by atoms with van der Waals surface area (Å²) in [4.78, 5) is 23.2. The summed E-state index contributed by atoms with van der Waals surface area (Å²) in [7, 11) is 0. The third-order valence-corrected chi connectivity index (χ3v) is 3.26. The maximum atomic E-state index is 12.1. The van der Waals surface area contributed by atoms with Crippen molar-refractivity contribution < 1.29 is 9.90 Å². The van der Waals surface area contributed by atoms with Crippen LogP contribution in [0, 0.1) is 6.92 Å². The van der Waals surface area contributed by atoms with Crippen molar-refractivity contribution in [2.75, 3.05) is 0 Å². The number of halogens is 1. The second-order valence-corrected chi connectivity index (χ2v) is 4.46. The molecule has 5 heteroatoms. The maximum Gasteiger partial charge on any atom is 0.341 e. The molecule has 0 radical (unpaired) electrons. The zero-order valence-electron chi connectivity index (χ0n) is 10.0. The molecule has 0 amide bonds. The minimum absolute atomic E-state index is 0.253. The average molecular weight is 266 g/mol. The van der Waals surface area contributed by atoms with E-state index in [1.54, 1.807) is 10.6 Å². The Bertz CT molecular complexity index is 703. The van der Waals surface area contributed by atoms with Gasteiger partial charge in [0.1, 0.15) is 5.56 Å². The molecule has 2 aromatic rings. The van der Waals surface area contributed by atoms with Gasteiger partial charge in [0.25, 0.3) is 0 Å². The second-order valence-electron chi connectivity index (χ2n) is 4.05. The first kappa shape index (κ1) is 12.6. The number of benzene rings is 1. The van der Waals surface area contributed by atoms with Crippen molar-refractivity contribution in [3.8, 4) is 0 Å². The van der Waals surface area contributed by atoms with E-state index in [1.807, 2.05) is 19.9 Å². The summed E-state index contributed by atoms with van der Waals surface area (Å²) >= 11 is 6.03. The standard InChI is InChI=1S/C13H12ClNO3/c1-3-15-6-8(13(17)18)12(16)10-9(14)5-4-7(2)11(10)15/h4-6H,3H2,1-2H3,(H,17,18). The molecule has 18 heavy (non-hydrogen) atoms. The highest BCUT2D eigenvalue weighted by Crippen LogP contribution is 2.24. The Labute approximate surface area is 108 Å². The summed E-state index contributed by atoms with van der Waals surface area (Å²) in [5.41, 5.74) is 0.804. The second kappa shape index (κ2) is 4.46. The van der Waals surface area contributed by atoms with E-state index in [9.17, 15) is 9.59 Å². The molecule has 0 aliphatic heterocycles. The Balaban J connectivity index is 3.08. The molecular formula is C13H12ClNO3. The van der Waals surface area contributed by atoms with Crippen LogP contribution in [0.4, 0.5) is 0 Å². The predicted octanol–water partition coefficient (Wildman–Crippen LogP) is 2.68. The Kier molecular flexibility index (Phi) is 3.13. The molecule has 94 valence electrons. The van der Waals surface area contributed by atoms with Gasteiger partial charge < -0.3 is 9.67 Å². The fraction of sp³-hybridized carbons (Fsp3) is 0.231. The minimum Gasteiger partial charge on any atom is -0.477 e. The lowest BCUT2D eigenvalue weighted by molar-refractivity contribution is 0.0695. The fourth-order valence-electron chi connectivity index (χ4n) is 2.07. The molecule has 1 heterocycles. The van der Waals surface area contributed by atoms with Crippen LogP contribution in [-0.2, 0) is 6.54 Å². The molecule has 1 aromatic carbocycles. The number of carboxylic acids is 1. The number of rotatable bonds is 2. The maximum absolute atomic E-state index is 12.1. The number of carbonyl (C=O) groups is 1. The molecular weight excluding hydrogens is 254 g/mol. The van der Waals surface area contributed by atoms with Gasteiger partial charge in [-0.15, -0.1) is 0 Å². The van der Waals surface area contributed by atoms with E-state index in [1.165, 1.54) is 6.20 Å². The van der Waals surface area contributed by atoms with Crippen LogP contribution in [0.2, 0.25) is 5.02 Å². The monoisotopic (exact) mass is 265 g/mol. The largest absolute Gasteiger partial charge is 0.477 e. The molecule has 2 rings (SSSR count). The lowest BCUT2D eigenvalue weighted by Gasteiger charge is -2.13. The third kappa shape index (κ3) is 1.78. The first-order valence-corrected chi connectivity index (χ1v) is 5.90. The topological polar surface area (TPSA) is 59.3 Å². The number of aromatic nitrogens is 1. The molecule has 0 atom stereocenters. The van der Waals surface area contributed by atoms with Gasteiger partial charge in [-0.05, 0) is 25.5 Å². The highest BCUT2D eigenvalue weighted by Gasteiger charge is 2.17. The molecule has 0 bridgehead atoms. The van der Waals surface area contributed by atoms with Crippen LogP contribution in [0.5, 0.6) is 0 Å². The first-order chi connectivity index (χ1) is 8.47. The van der Waals surface area contributed by atoms with Gasteiger partial charge in [0.05, 0.1) is 15.9 Å². The van der Waals surface area contributed by atoms with Crippen molar-refractivity contribution in [1.82, 2.24) is 4.57 Å². The minimum atomic E-state index is -1.23.